The molecule has 0 aromatic heterocycles. The number of nitrogens with zero attached hydrogens (tertiary/aromatic N) is 1. The van der Waals surface area contributed by atoms with E-state index in [4.69, 9.17) is 16.2 Å². The smallest absolute Gasteiger partial charge is 0.119 e. The molecule has 1 atom stereocenters. The van der Waals surface area contributed by atoms with Gasteiger partial charge in [0.2, 0.25) is 0 Å². The first-order chi connectivity index (χ1) is 11.7. The summed E-state index contributed by atoms with van der Waals surface area (Å²) in [6.07, 6.45) is 3.57. The molecule has 4 heteroatoms. The lowest BCUT2D eigenvalue weighted by molar-refractivity contribution is 0.131. The van der Waals surface area contributed by atoms with Crippen molar-refractivity contribution in [2.45, 2.75) is 19.3 Å². The molecule has 128 valence electrons. The molecule has 1 saturated heterocycles. The molecule has 0 saturated carbocycles. The Kier molecular flexibility index (Phi) is 5.59. The van der Waals surface area contributed by atoms with E-state index in [9.17, 15) is 0 Å². The summed E-state index contributed by atoms with van der Waals surface area (Å²) < 4.78 is 5.93. The maximum absolute atomic E-state index is 5.93. The topological polar surface area (TPSA) is 64.5 Å². The summed E-state index contributed by atoms with van der Waals surface area (Å²) in [5.74, 6) is 1.51. The Bertz CT molecular complexity index is 569. The number of hydrogen-bond donors (Lipinski definition) is 2. The molecule has 1 aliphatic heterocycles. The summed E-state index contributed by atoms with van der Waals surface area (Å²) in [5.41, 5.74) is 14.4. The fourth-order valence-electron chi connectivity index (χ4n) is 3.24. The Morgan fingerprint density at radius 2 is 1.62 bits per heavy atom. The van der Waals surface area contributed by atoms with E-state index >= 15 is 0 Å². The van der Waals surface area contributed by atoms with Crippen molar-refractivity contribution < 1.29 is 4.74 Å². The number of piperidine rings is 1. The summed E-state index contributed by atoms with van der Waals surface area (Å²) in [6, 6.07) is 15.9. The number of ether oxygens (including phenoxy) is 1. The molecule has 0 spiro atoms. The van der Waals surface area contributed by atoms with Gasteiger partial charge in [0.05, 0.1) is 6.61 Å². The molecule has 1 unspecified atom stereocenters. The van der Waals surface area contributed by atoms with Crippen molar-refractivity contribution in [2.24, 2.45) is 5.92 Å². The van der Waals surface area contributed by atoms with E-state index in [1.807, 2.05) is 36.4 Å². The van der Waals surface area contributed by atoms with Gasteiger partial charge in [0.15, 0.2) is 0 Å². The van der Waals surface area contributed by atoms with Crippen molar-refractivity contribution in [3.63, 3.8) is 0 Å². The molecule has 0 bridgehead atoms. The highest BCUT2D eigenvalue weighted by molar-refractivity contribution is 5.41. The molecule has 0 amide bonds. The van der Waals surface area contributed by atoms with Crippen molar-refractivity contribution >= 4 is 11.4 Å². The third kappa shape index (κ3) is 4.90. The summed E-state index contributed by atoms with van der Waals surface area (Å²) >= 11 is 0. The highest BCUT2D eigenvalue weighted by Gasteiger charge is 2.20. The van der Waals surface area contributed by atoms with Crippen molar-refractivity contribution in [1.82, 2.24) is 4.90 Å². The average Bonchev–Trinajstić information content (AvgIpc) is 2.61. The van der Waals surface area contributed by atoms with Gasteiger partial charge in [-0.15, -0.1) is 0 Å². The third-order valence-corrected chi connectivity index (χ3v) is 4.67. The fraction of sp³-hybridized carbons (Fsp3) is 0.400. The van der Waals surface area contributed by atoms with Gasteiger partial charge in [0, 0.05) is 30.4 Å². The maximum atomic E-state index is 5.93. The van der Waals surface area contributed by atoms with Crippen LogP contribution in [-0.4, -0.2) is 31.1 Å². The number of nitrogens with two attached hydrogens (primary N) is 2. The molecular formula is C20H27N3O. The number of rotatable bonds is 6. The monoisotopic (exact) mass is 325 g/mol. The van der Waals surface area contributed by atoms with E-state index in [-0.39, 0.29) is 0 Å². The SMILES string of the molecule is Nc1ccc(CCN2CCCC(COc3ccc(N)cc3)C2)cc1. The molecule has 0 aliphatic carbocycles. The lowest BCUT2D eigenvalue weighted by atomic mass is 9.98. The van der Waals surface area contributed by atoms with Crippen LogP contribution in [0.3, 0.4) is 0 Å². The van der Waals surface area contributed by atoms with Gasteiger partial charge in [0.1, 0.15) is 5.75 Å². The molecule has 3 rings (SSSR count). The molecule has 4 N–H and O–H groups in total. The Morgan fingerprint density at radius 1 is 0.958 bits per heavy atom. The van der Waals surface area contributed by atoms with E-state index in [2.05, 4.69) is 17.0 Å². The molecule has 2 aromatic rings. The van der Waals surface area contributed by atoms with Crippen molar-refractivity contribution in [3.05, 3.63) is 54.1 Å². The Hall–Kier alpha value is -2.20. The standard InChI is InChI=1S/C20H27N3O/c21-18-5-3-16(4-6-18)11-13-23-12-1-2-17(14-23)15-24-20-9-7-19(22)8-10-20/h3-10,17H,1-2,11-15,21-22H2. The van der Waals surface area contributed by atoms with Crippen LogP contribution in [0.2, 0.25) is 0 Å². The Morgan fingerprint density at radius 3 is 2.33 bits per heavy atom. The molecule has 24 heavy (non-hydrogen) atoms. The maximum Gasteiger partial charge on any atom is 0.119 e. The van der Waals surface area contributed by atoms with Gasteiger partial charge >= 0.3 is 0 Å². The Labute approximate surface area is 144 Å². The quantitative estimate of drug-likeness (QED) is 0.801. The summed E-state index contributed by atoms with van der Waals surface area (Å²) in [6.45, 7) is 4.18. The van der Waals surface area contributed by atoms with E-state index in [0.29, 0.717) is 5.92 Å². The summed E-state index contributed by atoms with van der Waals surface area (Å²) in [7, 11) is 0. The van der Waals surface area contributed by atoms with Gasteiger partial charge in [-0.25, -0.2) is 0 Å². The number of hydrogen-bond acceptors (Lipinski definition) is 4. The summed E-state index contributed by atoms with van der Waals surface area (Å²) in [4.78, 5) is 2.55. The predicted molar refractivity (Wildman–Crippen MR) is 100 cm³/mol. The average molecular weight is 325 g/mol. The van der Waals surface area contributed by atoms with Crippen LogP contribution in [0.5, 0.6) is 5.75 Å². The second kappa shape index (κ2) is 8.06. The summed E-state index contributed by atoms with van der Waals surface area (Å²) in [5, 5.41) is 0. The van der Waals surface area contributed by atoms with Crippen molar-refractivity contribution in [2.75, 3.05) is 37.7 Å². The molecule has 2 aromatic carbocycles. The lowest BCUT2D eigenvalue weighted by Gasteiger charge is -2.32. The van der Waals surface area contributed by atoms with E-state index in [0.717, 1.165) is 43.2 Å². The lowest BCUT2D eigenvalue weighted by Crippen LogP contribution is -2.38. The first-order valence-electron chi connectivity index (χ1n) is 8.74. The molecule has 0 radical (unpaired) electrons. The van der Waals surface area contributed by atoms with Gasteiger partial charge in [-0.2, -0.15) is 0 Å². The zero-order valence-electron chi connectivity index (χ0n) is 14.2. The van der Waals surface area contributed by atoms with E-state index in [1.165, 1.54) is 24.9 Å². The van der Waals surface area contributed by atoms with Crippen LogP contribution >= 0.6 is 0 Å². The first kappa shape index (κ1) is 16.7. The number of anilines is 2. The number of nitrogen functional groups attached to an aromatic ring is 2. The first-order valence-corrected chi connectivity index (χ1v) is 8.74. The normalized spacial score (nSPS) is 18.4. The fourth-order valence-corrected chi connectivity index (χ4v) is 3.24. The van der Waals surface area contributed by atoms with E-state index in [1.54, 1.807) is 0 Å². The second-order valence-electron chi connectivity index (χ2n) is 6.68. The zero-order valence-corrected chi connectivity index (χ0v) is 14.2. The molecule has 1 heterocycles. The second-order valence-corrected chi connectivity index (χ2v) is 6.68. The minimum Gasteiger partial charge on any atom is -0.493 e. The number of benzene rings is 2. The van der Waals surface area contributed by atoms with Gasteiger partial charge in [-0.3, -0.25) is 0 Å². The van der Waals surface area contributed by atoms with Crippen molar-refractivity contribution in [3.8, 4) is 5.75 Å². The van der Waals surface area contributed by atoms with Crippen LogP contribution < -0.4 is 16.2 Å². The van der Waals surface area contributed by atoms with Gasteiger partial charge in [0.25, 0.3) is 0 Å². The van der Waals surface area contributed by atoms with Crippen LogP contribution in [0.1, 0.15) is 18.4 Å². The molecular weight excluding hydrogens is 298 g/mol. The van der Waals surface area contributed by atoms with Crippen LogP contribution in [-0.2, 0) is 6.42 Å². The van der Waals surface area contributed by atoms with Crippen LogP contribution in [0, 0.1) is 5.92 Å². The van der Waals surface area contributed by atoms with Crippen LogP contribution in [0.4, 0.5) is 11.4 Å². The van der Waals surface area contributed by atoms with Gasteiger partial charge in [-0.1, -0.05) is 12.1 Å². The molecule has 1 fully saturated rings. The minimum atomic E-state index is 0.600. The Balaban J connectivity index is 1.43. The molecule has 1 aliphatic rings. The van der Waals surface area contributed by atoms with Gasteiger partial charge < -0.3 is 21.1 Å². The number of likely N-dealkylation sites (tertiary alicyclic amines) is 1. The van der Waals surface area contributed by atoms with Gasteiger partial charge in [-0.05, 0) is 67.8 Å². The third-order valence-electron chi connectivity index (χ3n) is 4.67. The van der Waals surface area contributed by atoms with E-state index < -0.39 is 0 Å². The highest BCUT2D eigenvalue weighted by atomic mass is 16.5. The minimum absolute atomic E-state index is 0.600. The van der Waals surface area contributed by atoms with Crippen molar-refractivity contribution in [1.29, 1.82) is 0 Å². The molecule has 4 nitrogen and oxygen atoms in total. The zero-order chi connectivity index (χ0) is 16.8. The largest absolute Gasteiger partial charge is 0.493 e. The van der Waals surface area contributed by atoms with Crippen LogP contribution in [0.25, 0.3) is 0 Å². The van der Waals surface area contributed by atoms with Crippen LogP contribution in [0.15, 0.2) is 48.5 Å². The highest BCUT2D eigenvalue weighted by Crippen LogP contribution is 2.20. The predicted octanol–water partition coefficient (Wildman–Crippen LogP) is 3.18.